The first-order chi connectivity index (χ1) is 7.69. The molecule has 0 bridgehead atoms. The average Bonchev–Trinajstić information content (AvgIpc) is 2.29. The summed E-state index contributed by atoms with van der Waals surface area (Å²) < 4.78 is 5.27. The highest BCUT2D eigenvalue weighted by Crippen LogP contribution is 2.25. The van der Waals surface area contributed by atoms with Crippen molar-refractivity contribution in [2.24, 2.45) is 0 Å². The van der Waals surface area contributed by atoms with Crippen molar-refractivity contribution in [1.29, 1.82) is 0 Å². The molecular weight excluding hydrogens is 226 g/mol. The van der Waals surface area contributed by atoms with E-state index in [1.165, 1.54) is 0 Å². The van der Waals surface area contributed by atoms with Crippen molar-refractivity contribution in [2.45, 2.75) is 6.92 Å². The summed E-state index contributed by atoms with van der Waals surface area (Å²) in [6.07, 6.45) is 0.788. The Bertz CT molecular complexity index is 355. The van der Waals surface area contributed by atoms with Gasteiger partial charge in [0.1, 0.15) is 6.29 Å². The van der Waals surface area contributed by atoms with Crippen LogP contribution in [0.2, 0.25) is 5.02 Å². The number of nitrogens with zero attached hydrogens (tertiary/aromatic N) is 1. The van der Waals surface area contributed by atoms with Crippen LogP contribution in [0.25, 0.3) is 0 Å². The molecular formula is C12H16ClNO2. The lowest BCUT2D eigenvalue weighted by Crippen LogP contribution is -2.22. The smallest absolute Gasteiger partial charge is 0.150 e. The minimum atomic E-state index is 0.587. The third-order valence-corrected chi connectivity index (χ3v) is 2.60. The summed E-state index contributed by atoms with van der Waals surface area (Å²) in [4.78, 5) is 12.6. The van der Waals surface area contributed by atoms with E-state index in [0.29, 0.717) is 23.8 Å². The van der Waals surface area contributed by atoms with Crippen LogP contribution in [-0.2, 0) is 4.74 Å². The fraction of sp³-hybridized carbons (Fsp3) is 0.417. The van der Waals surface area contributed by atoms with Gasteiger partial charge in [-0.3, -0.25) is 4.79 Å². The monoisotopic (exact) mass is 241 g/mol. The molecule has 0 unspecified atom stereocenters. The third kappa shape index (κ3) is 3.51. The topological polar surface area (TPSA) is 29.5 Å². The Hall–Kier alpha value is -1.06. The minimum absolute atomic E-state index is 0.587. The zero-order valence-electron chi connectivity index (χ0n) is 9.57. The van der Waals surface area contributed by atoms with Crippen LogP contribution in [0.15, 0.2) is 18.2 Å². The van der Waals surface area contributed by atoms with E-state index >= 15 is 0 Å². The highest BCUT2D eigenvalue weighted by Gasteiger charge is 2.06. The number of hydrogen-bond acceptors (Lipinski definition) is 3. The summed E-state index contributed by atoms with van der Waals surface area (Å²) in [7, 11) is 1.95. The Morgan fingerprint density at radius 3 is 2.81 bits per heavy atom. The van der Waals surface area contributed by atoms with Gasteiger partial charge in [-0.1, -0.05) is 11.6 Å². The first-order valence-corrected chi connectivity index (χ1v) is 5.60. The summed E-state index contributed by atoms with van der Waals surface area (Å²) in [5.41, 5.74) is 1.50. The summed E-state index contributed by atoms with van der Waals surface area (Å²) >= 11 is 6.07. The van der Waals surface area contributed by atoms with Crippen molar-refractivity contribution < 1.29 is 9.53 Å². The lowest BCUT2D eigenvalue weighted by molar-refractivity contribution is 0.112. The molecule has 0 atom stereocenters. The van der Waals surface area contributed by atoms with Crippen LogP contribution < -0.4 is 4.90 Å². The van der Waals surface area contributed by atoms with E-state index < -0.39 is 0 Å². The molecule has 0 amide bonds. The van der Waals surface area contributed by atoms with Gasteiger partial charge in [-0.15, -0.1) is 0 Å². The van der Waals surface area contributed by atoms with Gasteiger partial charge in [0, 0.05) is 25.8 Å². The molecule has 0 N–H and O–H groups in total. The van der Waals surface area contributed by atoms with E-state index in [0.717, 1.165) is 18.5 Å². The molecule has 0 aliphatic heterocycles. The number of carbonyl (C=O) groups excluding carboxylic acids is 1. The summed E-state index contributed by atoms with van der Waals surface area (Å²) in [6, 6.07) is 5.27. The highest BCUT2D eigenvalue weighted by atomic mass is 35.5. The molecule has 3 nitrogen and oxygen atoms in total. The zero-order chi connectivity index (χ0) is 12.0. The molecule has 0 saturated heterocycles. The van der Waals surface area contributed by atoms with E-state index in [4.69, 9.17) is 16.3 Å². The van der Waals surface area contributed by atoms with Gasteiger partial charge in [-0.05, 0) is 25.1 Å². The largest absolute Gasteiger partial charge is 0.380 e. The molecule has 0 aromatic heterocycles. The van der Waals surface area contributed by atoms with Crippen LogP contribution in [0.1, 0.15) is 17.3 Å². The molecule has 0 aliphatic carbocycles. The lowest BCUT2D eigenvalue weighted by atomic mass is 10.2. The Morgan fingerprint density at radius 1 is 1.50 bits per heavy atom. The average molecular weight is 242 g/mol. The molecule has 0 heterocycles. The second-order valence-electron chi connectivity index (χ2n) is 3.45. The number of rotatable bonds is 6. The fourth-order valence-electron chi connectivity index (χ4n) is 1.37. The maximum Gasteiger partial charge on any atom is 0.150 e. The maximum absolute atomic E-state index is 10.6. The maximum atomic E-state index is 10.6. The number of anilines is 1. The third-order valence-electron chi connectivity index (χ3n) is 2.29. The van der Waals surface area contributed by atoms with E-state index in [1.54, 1.807) is 12.1 Å². The Balaban J connectivity index is 2.68. The summed E-state index contributed by atoms with van der Waals surface area (Å²) in [6.45, 7) is 4.12. The molecule has 1 aromatic carbocycles. The van der Waals surface area contributed by atoms with E-state index in [9.17, 15) is 4.79 Å². The molecule has 0 aliphatic rings. The molecule has 0 fully saturated rings. The minimum Gasteiger partial charge on any atom is -0.380 e. The first kappa shape index (κ1) is 13.0. The number of halogens is 1. The second kappa shape index (κ2) is 6.51. The Labute approximate surface area is 101 Å². The van der Waals surface area contributed by atoms with Crippen molar-refractivity contribution in [3.05, 3.63) is 28.8 Å². The molecule has 88 valence electrons. The molecule has 0 spiro atoms. The SMILES string of the molecule is CCOCCN(C)c1ccc(C=O)cc1Cl. The lowest BCUT2D eigenvalue weighted by Gasteiger charge is -2.20. The molecule has 4 heteroatoms. The van der Waals surface area contributed by atoms with Crippen LogP contribution in [0.3, 0.4) is 0 Å². The quantitative estimate of drug-likeness (QED) is 0.567. The van der Waals surface area contributed by atoms with E-state index in [2.05, 4.69) is 0 Å². The predicted molar refractivity (Wildman–Crippen MR) is 66.6 cm³/mol. The number of likely N-dealkylation sites (N-methyl/N-ethyl adjacent to an activating group) is 1. The van der Waals surface area contributed by atoms with Gasteiger partial charge in [-0.25, -0.2) is 0 Å². The fourth-order valence-corrected chi connectivity index (χ4v) is 1.71. The number of hydrogen-bond donors (Lipinski definition) is 0. The normalized spacial score (nSPS) is 10.2. The molecule has 0 radical (unpaired) electrons. The van der Waals surface area contributed by atoms with Crippen molar-refractivity contribution in [1.82, 2.24) is 0 Å². The Morgan fingerprint density at radius 2 is 2.25 bits per heavy atom. The van der Waals surface area contributed by atoms with Gasteiger partial charge >= 0.3 is 0 Å². The van der Waals surface area contributed by atoms with Gasteiger partial charge in [0.2, 0.25) is 0 Å². The highest BCUT2D eigenvalue weighted by molar-refractivity contribution is 6.33. The van der Waals surface area contributed by atoms with Gasteiger partial charge < -0.3 is 9.64 Å². The van der Waals surface area contributed by atoms with Gasteiger partial charge in [-0.2, -0.15) is 0 Å². The Kier molecular flexibility index (Phi) is 5.29. The van der Waals surface area contributed by atoms with Crippen molar-refractivity contribution in [2.75, 3.05) is 31.7 Å². The van der Waals surface area contributed by atoms with Crippen LogP contribution in [0, 0.1) is 0 Å². The number of ether oxygens (including phenoxy) is 1. The number of aldehydes is 1. The van der Waals surface area contributed by atoms with Gasteiger partial charge in [0.25, 0.3) is 0 Å². The zero-order valence-corrected chi connectivity index (χ0v) is 10.3. The van der Waals surface area contributed by atoms with Gasteiger partial charge in [0.15, 0.2) is 0 Å². The van der Waals surface area contributed by atoms with Gasteiger partial charge in [0.05, 0.1) is 17.3 Å². The van der Waals surface area contributed by atoms with Crippen LogP contribution in [0.5, 0.6) is 0 Å². The first-order valence-electron chi connectivity index (χ1n) is 5.22. The number of carbonyl (C=O) groups is 1. The van der Waals surface area contributed by atoms with Crippen LogP contribution in [-0.4, -0.2) is 33.1 Å². The molecule has 1 aromatic rings. The molecule has 0 saturated carbocycles. The second-order valence-corrected chi connectivity index (χ2v) is 3.85. The predicted octanol–water partition coefficient (Wildman–Crippen LogP) is 2.63. The van der Waals surface area contributed by atoms with E-state index in [-0.39, 0.29) is 0 Å². The van der Waals surface area contributed by atoms with Crippen molar-refractivity contribution in [3.8, 4) is 0 Å². The van der Waals surface area contributed by atoms with Crippen molar-refractivity contribution in [3.63, 3.8) is 0 Å². The van der Waals surface area contributed by atoms with Crippen molar-refractivity contribution >= 4 is 23.6 Å². The van der Waals surface area contributed by atoms with E-state index in [1.807, 2.05) is 24.9 Å². The summed E-state index contributed by atoms with van der Waals surface area (Å²) in [5.74, 6) is 0. The molecule has 1 rings (SSSR count). The van der Waals surface area contributed by atoms with Crippen LogP contribution in [0.4, 0.5) is 5.69 Å². The van der Waals surface area contributed by atoms with Crippen LogP contribution >= 0.6 is 11.6 Å². The number of benzene rings is 1. The standard InChI is InChI=1S/C12H16ClNO2/c1-3-16-7-6-14(2)12-5-4-10(9-15)8-11(12)13/h4-5,8-9H,3,6-7H2,1-2H3. The summed E-state index contributed by atoms with van der Waals surface area (Å²) in [5, 5.41) is 0.587. The molecule has 16 heavy (non-hydrogen) atoms.